The molecule has 2 unspecified atom stereocenters. The van der Waals surface area contributed by atoms with Crippen LogP contribution in [0.25, 0.3) is 0 Å². The van der Waals surface area contributed by atoms with E-state index in [1.54, 1.807) is 0 Å². The number of ether oxygens (including phenoxy) is 1. The highest BCUT2D eigenvalue weighted by Crippen LogP contribution is 2.40. The predicted octanol–water partition coefficient (Wildman–Crippen LogP) is 7.10. The molecule has 0 amide bonds. The molecule has 0 saturated heterocycles. The molecule has 0 radical (unpaired) electrons. The van der Waals surface area contributed by atoms with Gasteiger partial charge in [0.1, 0.15) is 0 Å². The third-order valence-electron chi connectivity index (χ3n) is 6.93. The molecule has 2 atom stereocenters. The van der Waals surface area contributed by atoms with Crippen LogP contribution in [0.4, 0.5) is 0 Å². The Morgan fingerprint density at radius 1 is 0.920 bits per heavy atom. The Bertz CT molecular complexity index is 416. The molecule has 0 aliphatic heterocycles. The molecular formula is C23H37IO. The lowest BCUT2D eigenvalue weighted by molar-refractivity contribution is 0.0133. The molecule has 25 heavy (non-hydrogen) atoms. The normalized spacial score (nSPS) is 39.2. The highest BCUT2D eigenvalue weighted by atomic mass is 127. The van der Waals surface area contributed by atoms with Crippen molar-refractivity contribution in [1.82, 2.24) is 0 Å². The van der Waals surface area contributed by atoms with E-state index >= 15 is 0 Å². The molecule has 2 fully saturated rings. The van der Waals surface area contributed by atoms with Crippen LogP contribution in [0, 0.1) is 23.7 Å². The lowest BCUT2D eigenvalue weighted by atomic mass is 9.71. The van der Waals surface area contributed by atoms with Crippen LogP contribution in [-0.2, 0) is 4.74 Å². The number of hydrogen-bond acceptors (Lipinski definition) is 1. The van der Waals surface area contributed by atoms with Crippen molar-refractivity contribution in [2.45, 2.75) is 87.1 Å². The molecule has 0 aromatic rings. The number of halogens is 1. The fraction of sp³-hybridized carbons (Fsp3) is 0.826. The minimum atomic E-state index is 0.544. The van der Waals surface area contributed by atoms with Gasteiger partial charge in [-0.3, -0.25) is 0 Å². The van der Waals surface area contributed by atoms with Gasteiger partial charge in [0.05, 0.1) is 12.7 Å². The minimum absolute atomic E-state index is 0.544. The average molecular weight is 456 g/mol. The molecule has 0 aromatic carbocycles. The molecule has 0 heterocycles. The molecule has 0 bridgehead atoms. The van der Waals surface area contributed by atoms with Crippen LogP contribution in [0.2, 0.25) is 0 Å². The number of allylic oxidation sites excluding steroid dienone is 2. The maximum Gasteiger partial charge on any atom is 0.0576 e. The van der Waals surface area contributed by atoms with Crippen LogP contribution in [0.1, 0.15) is 77.0 Å². The lowest BCUT2D eigenvalue weighted by Gasteiger charge is -2.35. The monoisotopic (exact) mass is 456 g/mol. The first kappa shape index (κ1) is 19.9. The molecule has 2 saturated carbocycles. The van der Waals surface area contributed by atoms with Crippen molar-refractivity contribution in [3.8, 4) is 0 Å². The zero-order chi connectivity index (χ0) is 17.5. The summed E-state index contributed by atoms with van der Waals surface area (Å²) in [6.45, 7) is 4.84. The van der Waals surface area contributed by atoms with Crippen molar-refractivity contribution in [1.29, 1.82) is 0 Å². The summed E-state index contributed by atoms with van der Waals surface area (Å²) in [6, 6.07) is 0. The topological polar surface area (TPSA) is 9.23 Å². The van der Waals surface area contributed by atoms with Gasteiger partial charge in [-0.2, -0.15) is 0 Å². The van der Waals surface area contributed by atoms with Crippen LogP contribution in [0.5, 0.6) is 0 Å². The first-order valence-electron chi connectivity index (χ1n) is 10.8. The highest BCUT2D eigenvalue weighted by Gasteiger charge is 2.28. The zero-order valence-electron chi connectivity index (χ0n) is 15.9. The van der Waals surface area contributed by atoms with Gasteiger partial charge in [0.2, 0.25) is 0 Å². The van der Waals surface area contributed by atoms with Crippen molar-refractivity contribution >= 4 is 22.6 Å². The van der Waals surface area contributed by atoms with Crippen molar-refractivity contribution in [2.75, 3.05) is 6.61 Å². The van der Waals surface area contributed by atoms with Gasteiger partial charge in [-0.15, -0.1) is 6.58 Å². The van der Waals surface area contributed by atoms with E-state index in [-0.39, 0.29) is 0 Å². The Labute approximate surface area is 169 Å². The van der Waals surface area contributed by atoms with Gasteiger partial charge in [0.25, 0.3) is 0 Å². The number of alkyl halides is 1. The molecule has 0 aromatic heterocycles. The standard InChI is InChI=1S/C23H37IO/c1-2-3-4-18-5-9-20(10-6-18)21-11-7-19(8-12-21)17-25-23-15-13-22(24)14-16-23/h2,7,11,18-23H,1,3-6,8-10,12-17H2. The third-order valence-corrected chi connectivity index (χ3v) is 8.17. The third kappa shape index (κ3) is 6.37. The van der Waals surface area contributed by atoms with Gasteiger partial charge in [0.15, 0.2) is 0 Å². The molecule has 0 N–H and O–H groups in total. The molecular weight excluding hydrogens is 419 g/mol. The molecule has 2 heteroatoms. The van der Waals surface area contributed by atoms with Crippen LogP contribution < -0.4 is 0 Å². The lowest BCUT2D eigenvalue weighted by Crippen LogP contribution is -2.26. The number of rotatable bonds is 7. The quantitative estimate of drug-likeness (QED) is 0.225. The fourth-order valence-corrected chi connectivity index (χ4v) is 5.86. The van der Waals surface area contributed by atoms with Gasteiger partial charge in [-0.05, 0) is 82.0 Å². The smallest absolute Gasteiger partial charge is 0.0576 e. The summed E-state index contributed by atoms with van der Waals surface area (Å²) < 4.78 is 7.13. The van der Waals surface area contributed by atoms with Gasteiger partial charge in [0, 0.05) is 9.84 Å². The van der Waals surface area contributed by atoms with Crippen molar-refractivity contribution < 1.29 is 4.74 Å². The summed E-state index contributed by atoms with van der Waals surface area (Å²) in [6.07, 6.45) is 24.1. The highest BCUT2D eigenvalue weighted by molar-refractivity contribution is 14.1. The van der Waals surface area contributed by atoms with E-state index in [9.17, 15) is 0 Å². The Balaban J connectivity index is 1.34. The van der Waals surface area contributed by atoms with Gasteiger partial charge in [-0.1, -0.05) is 53.7 Å². The van der Waals surface area contributed by atoms with E-state index in [0.29, 0.717) is 12.0 Å². The van der Waals surface area contributed by atoms with Crippen LogP contribution in [-0.4, -0.2) is 16.6 Å². The fourth-order valence-electron chi connectivity index (χ4n) is 5.14. The van der Waals surface area contributed by atoms with Crippen LogP contribution in [0.3, 0.4) is 0 Å². The minimum Gasteiger partial charge on any atom is -0.378 e. The summed E-state index contributed by atoms with van der Waals surface area (Å²) in [5.41, 5.74) is 0. The van der Waals surface area contributed by atoms with Crippen LogP contribution in [0.15, 0.2) is 24.8 Å². The Hall–Kier alpha value is 0.170. The first-order chi connectivity index (χ1) is 12.2. The first-order valence-corrected chi connectivity index (χ1v) is 12.0. The van der Waals surface area contributed by atoms with Crippen molar-refractivity contribution in [3.63, 3.8) is 0 Å². The van der Waals surface area contributed by atoms with Gasteiger partial charge in [-0.25, -0.2) is 0 Å². The van der Waals surface area contributed by atoms with Gasteiger partial charge < -0.3 is 4.74 Å². The van der Waals surface area contributed by atoms with Crippen molar-refractivity contribution in [2.24, 2.45) is 23.7 Å². The summed E-state index contributed by atoms with van der Waals surface area (Å²) in [5, 5.41) is 0. The van der Waals surface area contributed by atoms with E-state index in [1.807, 2.05) is 0 Å². The zero-order valence-corrected chi connectivity index (χ0v) is 18.0. The maximum absolute atomic E-state index is 6.24. The summed E-state index contributed by atoms with van der Waals surface area (Å²) in [4.78, 5) is 0. The van der Waals surface area contributed by atoms with Crippen molar-refractivity contribution in [3.05, 3.63) is 24.8 Å². The van der Waals surface area contributed by atoms with Crippen LogP contribution >= 0.6 is 22.6 Å². The van der Waals surface area contributed by atoms with E-state index < -0.39 is 0 Å². The van der Waals surface area contributed by atoms with E-state index in [1.165, 1.54) is 77.0 Å². The van der Waals surface area contributed by atoms with E-state index in [2.05, 4.69) is 47.4 Å². The molecule has 1 nitrogen and oxygen atoms in total. The predicted molar refractivity (Wildman–Crippen MR) is 116 cm³/mol. The molecule has 3 rings (SSSR count). The van der Waals surface area contributed by atoms with E-state index in [4.69, 9.17) is 4.74 Å². The number of hydrogen-bond donors (Lipinski definition) is 0. The summed E-state index contributed by atoms with van der Waals surface area (Å²) in [7, 11) is 0. The molecule has 3 aliphatic rings. The second kappa shape index (κ2) is 10.5. The second-order valence-electron chi connectivity index (χ2n) is 8.74. The van der Waals surface area contributed by atoms with Gasteiger partial charge >= 0.3 is 0 Å². The average Bonchev–Trinajstić information content (AvgIpc) is 2.67. The largest absolute Gasteiger partial charge is 0.378 e. The Morgan fingerprint density at radius 2 is 1.68 bits per heavy atom. The second-order valence-corrected chi connectivity index (χ2v) is 10.5. The Morgan fingerprint density at radius 3 is 2.32 bits per heavy atom. The maximum atomic E-state index is 6.24. The molecule has 142 valence electrons. The molecule has 0 spiro atoms. The van der Waals surface area contributed by atoms with E-state index in [0.717, 1.165) is 28.3 Å². The molecule has 3 aliphatic carbocycles. The Kier molecular flexibility index (Phi) is 8.36. The summed E-state index contributed by atoms with van der Waals surface area (Å²) >= 11 is 2.60. The SMILES string of the molecule is C=CCCC1CCC(C2C=CC(COC3CCC(I)CC3)CC2)CC1. The summed E-state index contributed by atoms with van der Waals surface area (Å²) in [5.74, 6) is 3.46.